The van der Waals surface area contributed by atoms with E-state index in [1.807, 2.05) is 19.1 Å². The number of ketones is 1. The van der Waals surface area contributed by atoms with Crippen LogP contribution in [0.25, 0.3) is 0 Å². The molecule has 0 atom stereocenters. The largest absolute Gasteiger partial charge is 0.481 e. The summed E-state index contributed by atoms with van der Waals surface area (Å²) in [5.41, 5.74) is 2.83. The molecule has 2 aromatic rings. The highest BCUT2D eigenvalue weighted by Gasteiger charge is 2.15. The minimum Gasteiger partial charge on any atom is -0.481 e. The van der Waals surface area contributed by atoms with Gasteiger partial charge in [0, 0.05) is 18.8 Å². The number of nitrogens with zero attached hydrogens (tertiary/aromatic N) is 1. The van der Waals surface area contributed by atoms with Crippen molar-refractivity contribution in [3.8, 4) is 0 Å². The van der Waals surface area contributed by atoms with Gasteiger partial charge in [-0.25, -0.2) is 0 Å². The summed E-state index contributed by atoms with van der Waals surface area (Å²) in [5, 5.41) is 8.76. The fourth-order valence-corrected chi connectivity index (χ4v) is 1.98. The molecule has 1 N–H and O–H groups in total. The van der Waals surface area contributed by atoms with Crippen LogP contribution in [0.5, 0.6) is 0 Å². The Balaban J connectivity index is 2.31. The zero-order valence-electron chi connectivity index (χ0n) is 10.9. The van der Waals surface area contributed by atoms with Crippen molar-refractivity contribution < 1.29 is 14.7 Å². The molecule has 98 valence electrons. The quantitative estimate of drug-likeness (QED) is 0.854. The second-order valence-electron chi connectivity index (χ2n) is 4.61. The molecule has 4 nitrogen and oxygen atoms in total. The van der Waals surface area contributed by atoms with Crippen molar-refractivity contribution in [2.75, 3.05) is 0 Å². The summed E-state index contributed by atoms with van der Waals surface area (Å²) < 4.78 is 1.67. The third-order valence-corrected chi connectivity index (χ3v) is 2.96. The van der Waals surface area contributed by atoms with E-state index in [0.717, 1.165) is 5.56 Å². The van der Waals surface area contributed by atoms with E-state index < -0.39 is 5.97 Å². The number of carbonyl (C=O) groups excluding carboxylic acids is 1. The van der Waals surface area contributed by atoms with Crippen LogP contribution in [0.2, 0.25) is 0 Å². The molecule has 0 spiro atoms. The van der Waals surface area contributed by atoms with Gasteiger partial charge < -0.3 is 9.67 Å². The van der Waals surface area contributed by atoms with Gasteiger partial charge in [0.15, 0.2) is 0 Å². The lowest BCUT2D eigenvalue weighted by atomic mass is 10.1. The minimum absolute atomic E-state index is 0.0744. The van der Waals surface area contributed by atoms with E-state index in [4.69, 9.17) is 5.11 Å². The van der Waals surface area contributed by atoms with Crippen molar-refractivity contribution in [2.45, 2.75) is 13.3 Å². The summed E-state index contributed by atoms with van der Waals surface area (Å²) in [6, 6.07) is 8.96. The van der Waals surface area contributed by atoms with Gasteiger partial charge >= 0.3 is 5.97 Å². The molecular weight excluding hydrogens is 242 g/mol. The molecular formula is C15H15NO3. The summed E-state index contributed by atoms with van der Waals surface area (Å²) >= 11 is 0. The first kappa shape index (κ1) is 13.1. The van der Waals surface area contributed by atoms with Crippen molar-refractivity contribution in [1.29, 1.82) is 0 Å². The van der Waals surface area contributed by atoms with Crippen LogP contribution >= 0.6 is 0 Å². The Bertz CT molecular complexity index is 623. The highest BCUT2D eigenvalue weighted by atomic mass is 16.4. The number of benzene rings is 1. The number of aromatic nitrogens is 1. The Morgan fingerprint density at radius 1 is 1.21 bits per heavy atom. The fourth-order valence-electron chi connectivity index (χ4n) is 1.98. The maximum Gasteiger partial charge on any atom is 0.307 e. The van der Waals surface area contributed by atoms with Gasteiger partial charge in [-0.1, -0.05) is 29.8 Å². The van der Waals surface area contributed by atoms with Gasteiger partial charge in [-0.15, -0.1) is 0 Å². The fraction of sp³-hybridized carbons (Fsp3) is 0.200. The number of aryl methyl sites for hydroxylation is 2. The average molecular weight is 257 g/mol. The number of hydrogen-bond acceptors (Lipinski definition) is 2. The van der Waals surface area contributed by atoms with Crippen molar-refractivity contribution in [3.63, 3.8) is 0 Å². The number of carboxylic acids is 1. The van der Waals surface area contributed by atoms with Gasteiger partial charge in [0.1, 0.15) is 0 Å². The van der Waals surface area contributed by atoms with Crippen molar-refractivity contribution in [1.82, 2.24) is 4.57 Å². The van der Waals surface area contributed by atoms with Crippen molar-refractivity contribution in [2.24, 2.45) is 7.05 Å². The predicted octanol–water partition coefficient (Wildman–Crippen LogP) is 2.19. The highest BCUT2D eigenvalue weighted by Crippen LogP contribution is 2.14. The van der Waals surface area contributed by atoms with E-state index in [1.165, 1.54) is 0 Å². The Morgan fingerprint density at radius 2 is 1.84 bits per heavy atom. The minimum atomic E-state index is -0.903. The molecule has 4 heteroatoms. The molecule has 0 amide bonds. The van der Waals surface area contributed by atoms with E-state index in [9.17, 15) is 9.59 Å². The third-order valence-electron chi connectivity index (χ3n) is 2.96. The molecule has 0 aliphatic heterocycles. The molecule has 2 rings (SSSR count). The number of rotatable bonds is 4. The van der Waals surface area contributed by atoms with Gasteiger partial charge in [0.05, 0.1) is 12.1 Å². The Labute approximate surface area is 111 Å². The lowest BCUT2D eigenvalue weighted by molar-refractivity contribution is -0.136. The summed E-state index contributed by atoms with van der Waals surface area (Å²) in [6.45, 7) is 1.96. The number of carboxylic acid groups (broad SMARTS) is 1. The molecule has 0 unspecified atom stereocenters. The normalized spacial score (nSPS) is 10.4. The van der Waals surface area contributed by atoms with Crippen molar-refractivity contribution in [3.05, 3.63) is 58.9 Å². The Hall–Kier alpha value is -2.36. The average Bonchev–Trinajstić information content (AvgIpc) is 2.69. The maximum absolute atomic E-state index is 12.3. The first-order valence-corrected chi connectivity index (χ1v) is 5.96. The monoisotopic (exact) mass is 257 g/mol. The lowest BCUT2D eigenvalue weighted by Gasteiger charge is -2.02. The van der Waals surface area contributed by atoms with Gasteiger partial charge in [-0.3, -0.25) is 9.59 Å². The first-order valence-electron chi connectivity index (χ1n) is 5.96. The topological polar surface area (TPSA) is 59.3 Å². The van der Waals surface area contributed by atoms with Crippen LogP contribution in [-0.4, -0.2) is 21.4 Å². The second-order valence-corrected chi connectivity index (χ2v) is 4.61. The Kier molecular flexibility index (Phi) is 3.51. The summed E-state index contributed by atoms with van der Waals surface area (Å²) in [7, 11) is 1.74. The van der Waals surface area contributed by atoms with E-state index in [-0.39, 0.29) is 12.2 Å². The SMILES string of the molecule is Cc1ccc(C(=O)c2cc(CC(=O)O)cn2C)cc1. The van der Waals surface area contributed by atoms with E-state index in [1.54, 1.807) is 36.0 Å². The van der Waals surface area contributed by atoms with Crippen LogP contribution in [-0.2, 0) is 18.3 Å². The molecule has 0 saturated carbocycles. The molecule has 0 aliphatic rings. The van der Waals surface area contributed by atoms with Crippen LogP contribution in [0.3, 0.4) is 0 Å². The maximum atomic E-state index is 12.3. The van der Waals surface area contributed by atoms with E-state index >= 15 is 0 Å². The molecule has 0 radical (unpaired) electrons. The lowest BCUT2D eigenvalue weighted by Crippen LogP contribution is -2.06. The smallest absolute Gasteiger partial charge is 0.307 e. The van der Waals surface area contributed by atoms with Gasteiger partial charge in [0.25, 0.3) is 0 Å². The van der Waals surface area contributed by atoms with Crippen LogP contribution in [0.1, 0.15) is 27.2 Å². The number of hydrogen-bond donors (Lipinski definition) is 1. The van der Waals surface area contributed by atoms with E-state index in [0.29, 0.717) is 16.8 Å². The summed E-state index contributed by atoms with van der Waals surface area (Å²) in [6.07, 6.45) is 1.60. The van der Waals surface area contributed by atoms with Crippen LogP contribution in [0.15, 0.2) is 36.5 Å². The van der Waals surface area contributed by atoms with Crippen molar-refractivity contribution >= 4 is 11.8 Å². The third kappa shape index (κ3) is 2.91. The summed E-state index contributed by atoms with van der Waals surface area (Å²) in [5.74, 6) is -1.00. The van der Waals surface area contributed by atoms with Crippen LogP contribution in [0.4, 0.5) is 0 Å². The van der Waals surface area contributed by atoms with Gasteiger partial charge in [-0.05, 0) is 18.6 Å². The molecule has 1 heterocycles. The Morgan fingerprint density at radius 3 is 2.42 bits per heavy atom. The second kappa shape index (κ2) is 5.10. The molecule has 0 aliphatic carbocycles. The molecule has 0 saturated heterocycles. The molecule has 0 bridgehead atoms. The van der Waals surface area contributed by atoms with Crippen LogP contribution in [0, 0.1) is 6.92 Å². The summed E-state index contributed by atoms with van der Waals surface area (Å²) in [4.78, 5) is 23.0. The predicted molar refractivity (Wildman–Crippen MR) is 71.4 cm³/mol. The molecule has 0 fully saturated rings. The molecule has 19 heavy (non-hydrogen) atoms. The standard InChI is InChI=1S/C15H15NO3/c1-10-3-5-12(6-4-10)15(19)13-7-11(8-14(17)18)9-16(13)2/h3-7,9H,8H2,1-2H3,(H,17,18). The zero-order valence-corrected chi connectivity index (χ0v) is 10.9. The molecule has 1 aromatic heterocycles. The molecule has 1 aromatic carbocycles. The first-order chi connectivity index (χ1) is 8.97. The van der Waals surface area contributed by atoms with Gasteiger partial charge in [0.2, 0.25) is 5.78 Å². The van der Waals surface area contributed by atoms with Gasteiger partial charge in [-0.2, -0.15) is 0 Å². The van der Waals surface area contributed by atoms with E-state index in [2.05, 4.69) is 0 Å². The van der Waals surface area contributed by atoms with Crippen LogP contribution < -0.4 is 0 Å². The zero-order chi connectivity index (χ0) is 14.0. The highest BCUT2D eigenvalue weighted by molar-refractivity contribution is 6.08. The number of carbonyl (C=O) groups is 2. The number of aliphatic carboxylic acids is 1.